The van der Waals surface area contributed by atoms with Gasteiger partial charge in [0.1, 0.15) is 11.6 Å². The van der Waals surface area contributed by atoms with Crippen LogP contribution in [-0.2, 0) is 0 Å². The summed E-state index contributed by atoms with van der Waals surface area (Å²) in [5.41, 5.74) is 3.15. The van der Waals surface area contributed by atoms with E-state index in [1.54, 1.807) is 7.11 Å². The van der Waals surface area contributed by atoms with Gasteiger partial charge in [0, 0.05) is 36.8 Å². The molecule has 6 heteroatoms. The van der Waals surface area contributed by atoms with Gasteiger partial charge in [-0.3, -0.25) is 0 Å². The lowest BCUT2D eigenvalue weighted by molar-refractivity contribution is 0.173. The van der Waals surface area contributed by atoms with Crippen molar-refractivity contribution in [3.05, 3.63) is 54.5 Å². The van der Waals surface area contributed by atoms with E-state index in [0.717, 1.165) is 67.1 Å². The molecule has 1 saturated heterocycles. The smallest absolute Gasteiger partial charge is 0.317 e. The number of rotatable bonds is 4. The van der Waals surface area contributed by atoms with Crippen LogP contribution < -0.4 is 10.1 Å². The molecule has 1 N–H and O–H groups in total. The van der Waals surface area contributed by atoms with Crippen LogP contribution in [-0.4, -0.2) is 46.6 Å². The number of methoxy groups -OCH3 is 1. The maximum Gasteiger partial charge on any atom is 0.317 e. The molecule has 2 fully saturated rings. The zero-order chi connectivity index (χ0) is 21.9. The second-order valence-corrected chi connectivity index (χ2v) is 9.05. The van der Waals surface area contributed by atoms with E-state index < -0.39 is 0 Å². The van der Waals surface area contributed by atoms with E-state index in [0.29, 0.717) is 12.0 Å². The third-order valence-corrected chi connectivity index (χ3v) is 7.00. The van der Waals surface area contributed by atoms with E-state index in [1.165, 1.54) is 19.3 Å². The van der Waals surface area contributed by atoms with Gasteiger partial charge in [-0.2, -0.15) is 0 Å². The highest BCUT2D eigenvalue weighted by Gasteiger charge is 2.28. The Morgan fingerprint density at radius 3 is 2.62 bits per heavy atom. The van der Waals surface area contributed by atoms with Crippen LogP contribution in [0.4, 0.5) is 4.79 Å². The van der Waals surface area contributed by atoms with E-state index >= 15 is 0 Å². The Balaban J connectivity index is 1.33. The second-order valence-electron chi connectivity index (χ2n) is 9.05. The first-order chi connectivity index (χ1) is 15.7. The van der Waals surface area contributed by atoms with Crippen LogP contribution in [0.15, 0.2) is 48.7 Å². The van der Waals surface area contributed by atoms with Gasteiger partial charge >= 0.3 is 6.03 Å². The maximum absolute atomic E-state index is 12.8. The number of urea groups is 1. The highest BCUT2D eigenvalue weighted by atomic mass is 16.5. The van der Waals surface area contributed by atoms with Crippen molar-refractivity contribution in [1.29, 1.82) is 0 Å². The number of carbonyl (C=O) groups is 1. The van der Waals surface area contributed by atoms with Gasteiger partial charge in [0.25, 0.3) is 0 Å². The van der Waals surface area contributed by atoms with E-state index in [4.69, 9.17) is 9.72 Å². The van der Waals surface area contributed by atoms with Gasteiger partial charge in [-0.15, -0.1) is 0 Å². The van der Waals surface area contributed by atoms with Crippen molar-refractivity contribution in [2.24, 2.45) is 0 Å². The minimum atomic E-state index is 0.111. The molecule has 1 saturated carbocycles. The highest BCUT2D eigenvalue weighted by molar-refractivity contribution is 5.78. The second kappa shape index (κ2) is 9.23. The summed E-state index contributed by atoms with van der Waals surface area (Å²) in [6, 6.07) is 14.8. The van der Waals surface area contributed by atoms with Crippen LogP contribution in [0.2, 0.25) is 0 Å². The fourth-order valence-electron chi connectivity index (χ4n) is 5.19. The topological polar surface area (TPSA) is 58.9 Å². The normalized spacial score (nSPS) is 18.1. The lowest BCUT2D eigenvalue weighted by Crippen LogP contribution is -2.48. The number of hydrogen-bond acceptors (Lipinski definition) is 3. The first-order valence-corrected chi connectivity index (χ1v) is 11.9. The summed E-state index contributed by atoms with van der Waals surface area (Å²) in [5.74, 6) is 2.26. The number of ether oxygens (including phenoxy) is 1. The first kappa shape index (κ1) is 20.9. The van der Waals surface area contributed by atoms with Crippen LogP contribution in [0.1, 0.15) is 56.7 Å². The van der Waals surface area contributed by atoms with Crippen LogP contribution >= 0.6 is 0 Å². The van der Waals surface area contributed by atoms with Gasteiger partial charge in [0.2, 0.25) is 0 Å². The Morgan fingerprint density at radius 1 is 1.03 bits per heavy atom. The molecule has 5 rings (SSSR count). The van der Waals surface area contributed by atoms with Crippen LogP contribution in [0.5, 0.6) is 5.75 Å². The minimum Gasteiger partial charge on any atom is -0.497 e. The largest absolute Gasteiger partial charge is 0.497 e. The minimum absolute atomic E-state index is 0.111. The number of hydrogen-bond donors (Lipinski definition) is 1. The fraction of sp³-hybridized carbons (Fsp3) is 0.462. The number of fused-ring (bicyclic) bond motifs is 1. The Kier molecular flexibility index (Phi) is 6.02. The average Bonchev–Trinajstić information content (AvgIpc) is 3.24. The number of imidazole rings is 1. The number of likely N-dealkylation sites (tertiary alicyclic amines) is 1. The highest BCUT2D eigenvalue weighted by Crippen LogP contribution is 2.33. The molecule has 0 atom stereocenters. The van der Waals surface area contributed by atoms with Crippen molar-refractivity contribution < 1.29 is 9.53 Å². The Morgan fingerprint density at radius 2 is 1.84 bits per heavy atom. The summed E-state index contributed by atoms with van der Waals surface area (Å²) in [7, 11) is 1.69. The summed E-state index contributed by atoms with van der Waals surface area (Å²) < 4.78 is 7.64. The van der Waals surface area contributed by atoms with Gasteiger partial charge < -0.3 is 19.4 Å². The molecule has 1 aromatic carbocycles. The number of nitrogens with zero attached hydrogens (tertiary/aromatic N) is 3. The van der Waals surface area contributed by atoms with E-state index in [-0.39, 0.29) is 6.03 Å². The third-order valence-electron chi connectivity index (χ3n) is 7.00. The lowest BCUT2D eigenvalue weighted by Gasteiger charge is -2.33. The van der Waals surface area contributed by atoms with Gasteiger partial charge in [0.05, 0.1) is 18.3 Å². The SMILES string of the molecule is COc1cccc(-c2nc(C3CCN(C(=O)NC4CCCCC4)CC3)n3ccccc23)c1. The van der Waals surface area contributed by atoms with Crippen LogP contribution in [0.3, 0.4) is 0 Å². The third kappa shape index (κ3) is 4.18. The van der Waals surface area contributed by atoms with E-state index in [9.17, 15) is 4.79 Å². The van der Waals surface area contributed by atoms with Crippen LogP contribution in [0.25, 0.3) is 16.8 Å². The van der Waals surface area contributed by atoms with Gasteiger partial charge in [-0.05, 0) is 49.9 Å². The molecular weight excluding hydrogens is 400 g/mol. The van der Waals surface area contributed by atoms with Gasteiger partial charge in [-0.25, -0.2) is 9.78 Å². The Bertz CT molecular complexity index is 1080. The molecule has 0 spiro atoms. The van der Waals surface area contributed by atoms with Crippen LogP contribution in [0, 0.1) is 0 Å². The van der Waals surface area contributed by atoms with Gasteiger partial charge in [0.15, 0.2) is 0 Å². The molecule has 1 aliphatic carbocycles. The van der Waals surface area contributed by atoms with Gasteiger partial charge in [-0.1, -0.05) is 37.5 Å². The molecule has 0 bridgehead atoms. The summed E-state index contributed by atoms with van der Waals surface area (Å²) >= 11 is 0. The fourth-order valence-corrected chi connectivity index (χ4v) is 5.19. The lowest BCUT2D eigenvalue weighted by atomic mass is 9.95. The Hall–Kier alpha value is -3.02. The zero-order valence-electron chi connectivity index (χ0n) is 18.8. The number of amides is 2. The van der Waals surface area contributed by atoms with Crippen molar-refractivity contribution in [3.63, 3.8) is 0 Å². The quantitative estimate of drug-likeness (QED) is 0.614. The van der Waals surface area contributed by atoms with Crippen molar-refractivity contribution in [3.8, 4) is 17.0 Å². The number of piperidine rings is 1. The monoisotopic (exact) mass is 432 g/mol. The molecule has 3 aromatic rings. The number of benzene rings is 1. The number of pyridine rings is 1. The summed E-state index contributed by atoms with van der Waals surface area (Å²) in [4.78, 5) is 19.9. The molecule has 0 unspecified atom stereocenters. The molecule has 32 heavy (non-hydrogen) atoms. The molecule has 168 valence electrons. The predicted molar refractivity (Wildman–Crippen MR) is 126 cm³/mol. The molecule has 2 aliphatic rings. The summed E-state index contributed by atoms with van der Waals surface area (Å²) in [5, 5.41) is 3.26. The molecule has 0 radical (unpaired) electrons. The molecule has 3 heterocycles. The zero-order valence-corrected chi connectivity index (χ0v) is 18.8. The van der Waals surface area contributed by atoms with Crippen molar-refractivity contribution in [2.45, 2.75) is 56.9 Å². The average molecular weight is 433 g/mol. The molecular formula is C26H32N4O2. The molecule has 6 nitrogen and oxygen atoms in total. The number of aromatic nitrogens is 2. The summed E-state index contributed by atoms with van der Waals surface area (Å²) in [6.45, 7) is 1.55. The first-order valence-electron chi connectivity index (χ1n) is 11.9. The number of nitrogens with one attached hydrogen (secondary N) is 1. The van der Waals surface area contributed by atoms with Crippen molar-refractivity contribution in [2.75, 3.05) is 20.2 Å². The van der Waals surface area contributed by atoms with E-state index in [1.807, 2.05) is 23.1 Å². The van der Waals surface area contributed by atoms with E-state index in [2.05, 4.69) is 40.2 Å². The Labute approximate surface area is 189 Å². The maximum atomic E-state index is 12.8. The summed E-state index contributed by atoms with van der Waals surface area (Å²) in [6.07, 6.45) is 9.97. The molecule has 2 aromatic heterocycles. The van der Waals surface area contributed by atoms with Crippen molar-refractivity contribution >= 4 is 11.5 Å². The molecule has 2 amide bonds. The number of carbonyl (C=O) groups excluding carboxylic acids is 1. The van der Waals surface area contributed by atoms with Crippen molar-refractivity contribution in [1.82, 2.24) is 19.6 Å². The molecule has 1 aliphatic heterocycles. The predicted octanol–water partition coefficient (Wildman–Crippen LogP) is 5.23. The standard InChI is InChI=1S/C26H32N4O2/c1-32-22-11-7-8-20(18-22)24-23-12-5-6-15-30(23)25(28-24)19-13-16-29(17-14-19)26(31)27-21-9-3-2-4-10-21/h5-8,11-12,15,18-19,21H,2-4,9-10,13-14,16-17H2,1H3,(H,27,31).